The lowest BCUT2D eigenvalue weighted by atomic mass is 10.3. The standard InChI is InChI=1S/C8H9ClN2O4S/c9-6-2-1-5(16-6)4(12)3-11-8(14)15-7(10)13/h1-2,4,12H,3H2,(H2,10,13)(H,11,14). The van der Waals surface area contributed by atoms with E-state index in [1.807, 2.05) is 0 Å². The number of aliphatic hydroxyl groups excluding tert-OH is 1. The molecule has 0 bridgehead atoms. The zero-order chi connectivity index (χ0) is 12.1. The molecule has 0 radical (unpaired) electrons. The molecule has 0 fully saturated rings. The summed E-state index contributed by atoms with van der Waals surface area (Å²) >= 11 is 6.86. The second-order valence-corrected chi connectivity index (χ2v) is 4.49. The average Bonchev–Trinajstić information content (AvgIpc) is 2.60. The van der Waals surface area contributed by atoms with E-state index in [0.717, 1.165) is 0 Å². The maximum Gasteiger partial charge on any atom is 0.416 e. The van der Waals surface area contributed by atoms with E-state index in [9.17, 15) is 14.7 Å². The molecule has 1 rings (SSSR count). The molecule has 0 saturated heterocycles. The smallest absolute Gasteiger partial charge is 0.386 e. The summed E-state index contributed by atoms with van der Waals surface area (Å²) in [6.45, 7) is -0.0943. The van der Waals surface area contributed by atoms with Crippen molar-refractivity contribution in [1.29, 1.82) is 0 Å². The number of hydrogen-bond donors (Lipinski definition) is 3. The van der Waals surface area contributed by atoms with Gasteiger partial charge in [0.25, 0.3) is 0 Å². The Kier molecular flexibility index (Phi) is 4.53. The maximum atomic E-state index is 10.8. The average molecular weight is 265 g/mol. The summed E-state index contributed by atoms with van der Waals surface area (Å²) in [6.07, 6.45) is -3.11. The van der Waals surface area contributed by atoms with Gasteiger partial charge in [0, 0.05) is 4.88 Å². The molecule has 0 aliphatic carbocycles. The van der Waals surface area contributed by atoms with Gasteiger partial charge < -0.3 is 20.9 Å². The Bertz CT molecular complexity index is 395. The summed E-state index contributed by atoms with van der Waals surface area (Å²) in [5.41, 5.74) is 4.61. The molecule has 1 atom stereocenters. The third-order valence-electron chi connectivity index (χ3n) is 1.56. The third-order valence-corrected chi connectivity index (χ3v) is 2.89. The van der Waals surface area contributed by atoms with Gasteiger partial charge >= 0.3 is 12.2 Å². The Labute approximate surface area is 100.0 Å². The van der Waals surface area contributed by atoms with Gasteiger partial charge in [-0.1, -0.05) is 11.6 Å². The third kappa shape index (κ3) is 4.05. The molecule has 0 aliphatic heterocycles. The van der Waals surface area contributed by atoms with Crippen molar-refractivity contribution in [2.45, 2.75) is 6.10 Å². The van der Waals surface area contributed by atoms with E-state index in [-0.39, 0.29) is 6.54 Å². The van der Waals surface area contributed by atoms with Crippen LogP contribution in [-0.4, -0.2) is 23.8 Å². The fourth-order valence-electron chi connectivity index (χ4n) is 0.915. The van der Waals surface area contributed by atoms with Crippen LogP contribution in [0.25, 0.3) is 0 Å². The minimum absolute atomic E-state index is 0.0943. The molecule has 8 heteroatoms. The molecular weight excluding hydrogens is 256 g/mol. The Morgan fingerprint density at radius 3 is 2.81 bits per heavy atom. The number of amides is 2. The number of halogens is 1. The monoisotopic (exact) mass is 264 g/mol. The second kappa shape index (κ2) is 5.69. The van der Waals surface area contributed by atoms with Gasteiger partial charge in [-0.3, -0.25) is 0 Å². The lowest BCUT2D eigenvalue weighted by Crippen LogP contribution is -2.32. The van der Waals surface area contributed by atoms with E-state index in [1.54, 1.807) is 12.1 Å². The summed E-state index contributed by atoms with van der Waals surface area (Å²) in [6, 6.07) is 3.27. The van der Waals surface area contributed by atoms with E-state index in [4.69, 9.17) is 11.6 Å². The Morgan fingerprint density at radius 2 is 2.31 bits per heavy atom. The second-order valence-electron chi connectivity index (χ2n) is 2.75. The van der Waals surface area contributed by atoms with Crippen molar-refractivity contribution in [3.63, 3.8) is 0 Å². The first-order valence-corrected chi connectivity index (χ1v) is 5.37. The lowest BCUT2D eigenvalue weighted by Gasteiger charge is -2.08. The van der Waals surface area contributed by atoms with Crippen LogP contribution in [0.15, 0.2) is 12.1 Å². The van der Waals surface area contributed by atoms with Crippen LogP contribution in [-0.2, 0) is 4.74 Å². The number of hydrogen-bond acceptors (Lipinski definition) is 5. The molecule has 1 aromatic heterocycles. The molecule has 0 aromatic carbocycles. The predicted octanol–water partition coefficient (Wildman–Crippen LogP) is 1.24. The molecule has 16 heavy (non-hydrogen) atoms. The van der Waals surface area contributed by atoms with Crippen LogP contribution in [0.4, 0.5) is 9.59 Å². The highest BCUT2D eigenvalue weighted by Crippen LogP contribution is 2.26. The minimum Gasteiger partial charge on any atom is -0.386 e. The molecule has 1 heterocycles. The van der Waals surface area contributed by atoms with Gasteiger partial charge in [-0.15, -0.1) is 11.3 Å². The van der Waals surface area contributed by atoms with Crippen LogP contribution in [0.3, 0.4) is 0 Å². The topological polar surface area (TPSA) is 102 Å². The van der Waals surface area contributed by atoms with Crippen molar-refractivity contribution in [2.75, 3.05) is 6.54 Å². The Hall–Kier alpha value is -1.31. The number of rotatable bonds is 3. The number of thiophene rings is 1. The molecule has 0 aliphatic rings. The van der Waals surface area contributed by atoms with E-state index in [2.05, 4.69) is 15.8 Å². The first kappa shape index (κ1) is 12.8. The summed E-state index contributed by atoms with van der Waals surface area (Å²) in [5, 5.41) is 11.8. The quantitative estimate of drug-likeness (QED) is 0.715. The van der Waals surface area contributed by atoms with Crippen molar-refractivity contribution >= 4 is 35.1 Å². The summed E-state index contributed by atoms with van der Waals surface area (Å²) in [4.78, 5) is 21.6. The fourth-order valence-corrected chi connectivity index (χ4v) is 1.96. The molecule has 6 nitrogen and oxygen atoms in total. The lowest BCUT2D eigenvalue weighted by molar-refractivity contribution is 0.143. The molecule has 0 spiro atoms. The van der Waals surface area contributed by atoms with Crippen LogP contribution < -0.4 is 11.1 Å². The van der Waals surface area contributed by atoms with Crippen LogP contribution >= 0.6 is 22.9 Å². The molecule has 0 saturated carbocycles. The number of carbonyl (C=O) groups excluding carboxylic acids is 2. The van der Waals surface area contributed by atoms with E-state index >= 15 is 0 Å². The van der Waals surface area contributed by atoms with Crippen LogP contribution in [0.1, 0.15) is 11.0 Å². The van der Waals surface area contributed by atoms with Gasteiger partial charge in [0.05, 0.1) is 10.9 Å². The Morgan fingerprint density at radius 1 is 1.62 bits per heavy atom. The van der Waals surface area contributed by atoms with Crippen LogP contribution in [0.5, 0.6) is 0 Å². The SMILES string of the molecule is NC(=O)OC(=O)NCC(O)c1ccc(Cl)s1. The van der Waals surface area contributed by atoms with Gasteiger partial charge in [-0.2, -0.15) is 0 Å². The number of nitrogens with one attached hydrogen (secondary N) is 1. The van der Waals surface area contributed by atoms with Crippen molar-refractivity contribution in [3.8, 4) is 0 Å². The Balaban J connectivity index is 2.38. The van der Waals surface area contributed by atoms with Crippen LogP contribution in [0.2, 0.25) is 4.34 Å². The normalized spacial score (nSPS) is 11.9. The number of aliphatic hydroxyl groups is 1. The van der Waals surface area contributed by atoms with Gasteiger partial charge in [0.1, 0.15) is 6.10 Å². The van der Waals surface area contributed by atoms with Gasteiger partial charge in [-0.25, -0.2) is 9.59 Å². The molecule has 1 unspecified atom stereocenters. The number of alkyl carbamates (subject to hydrolysis) is 1. The number of carbonyl (C=O) groups is 2. The van der Waals surface area contributed by atoms with Crippen molar-refractivity contribution in [1.82, 2.24) is 5.32 Å². The van der Waals surface area contributed by atoms with E-state index in [1.165, 1.54) is 11.3 Å². The number of ether oxygens (including phenoxy) is 1. The largest absolute Gasteiger partial charge is 0.416 e. The first-order chi connectivity index (χ1) is 7.49. The van der Waals surface area contributed by atoms with Crippen LogP contribution in [0, 0.1) is 0 Å². The van der Waals surface area contributed by atoms with Gasteiger partial charge in [-0.05, 0) is 12.1 Å². The van der Waals surface area contributed by atoms with E-state index < -0.39 is 18.3 Å². The summed E-state index contributed by atoms with van der Waals surface area (Å²) in [5.74, 6) is 0. The van der Waals surface area contributed by atoms with Gasteiger partial charge in [0.15, 0.2) is 0 Å². The van der Waals surface area contributed by atoms with Crippen molar-refractivity contribution < 1.29 is 19.4 Å². The van der Waals surface area contributed by atoms with Crippen molar-refractivity contribution in [2.24, 2.45) is 5.73 Å². The predicted molar refractivity (Wildman–Crippen MR) is 58.4 cm³/mol. The maximum absolute atomic E-state index is 10.8. The van der Waals surface area contributed by atoms with Gasteiger partial charge in [0.2, 0.25) is 0 Å². The highest BCUT2D eigenvalue weighted by Gasteiger charge is 2.13. The first-order valence-electron chi connectivity index (χ1n) is 4.17. The minimum atomic E-state index is -1.20. The summed E-state index contributed by atoms with van der Waals surface area (Å²) < 4.78 is 4.53. The zero-order valence-electron chi connectivity index (χ0n) is 7.97. The molecule has 2 amide bonds. The summed E-state index contributed by atoms with van der Waals surface area (Å²) in [7, 11) is 0. The zero-order valence-corrected chi connectivity index (χ0v) is 9.55. The molecule has 88 valence electrons. The highest BCUT2D eigenvalue weighted by molar-refractivity contribution is 7.16. The number of nitrogens with two attached hydrogens (primary N) is 1. The molecule has 1 aromatic rings. The number of primary amides is 1. The van der Waals surface area contributed by atoms with E-state index in [0.29, 0.717) is 9.21 Å². The highest BCUT2D eigenvalue weighted by atomic mass is 35.5. The fraction of sp³-hybridized carbons (Fsp3) is 0.250. The molecular formula is C8H9ClN2O4S. The van der Waals surface area contributed by atoms with Crippen molar-refractivity contribution in [3.05, 3.63) is 21.3 Å². The molecule has 4 N–H and O–H groups in total.